The fraction of sp³-hybridized carbons (Fsp3) is 0.200. The second-order valence-corrected chi connectivity index (χ2v) is 3.44. The molecule has 0 aliphatic heterocycles. The molecular formula is C10H11ClN2O2. The van der Waals surface area contributed by atoms with Gasteiger partial charge in [0.05, 0.1) is 0 Å². The van der Waals surface area contributed by atoms with E-state index in [1.807, 2.05) is 24.5 Å². The minimum atomic E-state index is -1.17. The van der Waals surface area contributed by atoms with E-state index in [0.29, 0.717) is 11.4 Å². The predicted molar refractivity (Wildman–Crippen MR) is 59.5 cm³/mol. The molecular weight excluding hydrogens is 216 g/mol. The van der Waals surface area contributed by atoms with Crippen LogP contribution in [0.3, 0.4) is 0 Å². The topological polar surface area (TPSA) is 61.7 Å². The summed E-state index contributed by atoms with van der Waals surface area (Å²) >= 11 is 5.80. The van der Waals surface area contributed by atoms with Gasteiger partial charge < -0.3 is 5.11 Å². The van der Waals surface area contributed by atoms with Crippen LogP contribution in [0.4, 0.5) is 4.79 Å². The molecule has 0 spiro atoms. The van der Waals surface area contributed by atoms with Crippen LogP contribution in [-0.4, -0.2) is 17.4 Å². The van der Waals surface area contributed by atoms with Crippen molar-refractivity contribution in [3.05, 3.63) is 34.3 Å². The fourth-order valence-corrected chi connectivity index (χ4v) is 1.36. The number of carbonyl (C=O) groups is 1. The number of rotatable bonds is 3. The maximum Gasteiger partial charge on any atom is 0.425 e. The molecule has 2 N–H and O–H groups in total. The highest BCUT2D eigenvalue weighted by Crippen LogP contribution is 2.14. The van der Waals surface area contributed by atoms with E-state index in [1.165, 1.54) is 6.21 Å². The Bertz CT molecular complexity index is 391. The largest absolute Gasteiger partial charge is 0.464 e. The molecule has 0 saturated carbocycles. The summed E-state index contributed by atoms with van der Waals surface area (Å²) in [6, 6.07) is 5.54. The van der Waals surface area contributed by atoms with Crippen LogP contribution in [0.25, 0.3) is 0 Å². The molecule has 0 atom stereocenters. The van der Waals surface area contributed by atoms with Crippen LogP contribution in [0.2, 0.25) is 5.02 Å². The molecule has 1 aromatic rings. The summed E-state index contributed by atoms with van der Waals surface area (Å²) in [5.74, 6) is 0. The number of carboxylic acid groups (broad SMARTS) is 1. The smallest absolute Gasteiger partial charge is 0.425 e. The average molecular weight is 227 g/mol. The Morgan fingerprint density at radius 3 is 3.00 bits per heavy atom. The van der Waals surface area contributed by atoms with Gasteiger partial charge in [-0.1, -0.05) is 17.7 Å². The Kier molecular flexibility index (Phi) is 4.12. The van der Waals surface area contributed by atoms with E-state index in [9.17, 15) is 4.79 Å². The zero-order chi connectivity index (χ0) is 11.3. The van der Waals surface area contributed by atoms with Crippen molar-refractivity contribution in [2.24, 2.45) is 5.10 Å². The Morgan fingerprint density at radius 2 is 2.40 bits per heavy atom. The van der Waals surface area contributed by atoms with Gasteiger partial charge in [0.25, 0.3) is 0 Å². The minimum Gasteiger partial charge on any atom is -0.464 e. The van der Waals surface area contributed by atoms with Crippen molar-refractivity contribution in [2.75, 3.05) is 0 Å². The molecule has 4 nitrogen and oxygen atoms in total. The third kappa shape index (κ3) is 3.99. The van der Waals surface area contributed by atoms with Crippen LogP contribution in [0.1, 0.15) is 11.1 Å². The lowest BCUT2D eigenvalue weighted by atomic mass is 10.1. The van der Waals surface area contributed by atoms with E-state index in [0.717, 1.165) is 11.1 Å². The molecule has 5 heteroatoms. The number of nitrogens with one attached hydrogen (secondary N) is 1. The molecule has 0 aliphatic rings. The van der Waals surface area contributed by atoms with Gasteiger partial charge in [0, 0.05) is 17.7 Å². The lowest BCUT2D eigenvalue weighted by Crippen LogP contribution is -2.13. The summed E-state index contributed by atoms with van der Waals surface area (Å²) in [7, 11) is 0. The first kappa shape index (κ1) is 11.5. The standard InChI is InChI=1S/C10H11ClN2O2/c1-7-6-9(11)3-2-8(7)4-5-12-13-10(14)15/h2-3,5-6,13H,4H2,1H3,(H,14,15). The number of hydrogen-bond acceptors (Lipinski definition) is 2. The van der Waals surface area contributed by atoms with Gasteiger partial charge in [-0.2, -0.15) is 5.10 Å². The Hall–Kier alpha value is -1.55. The van der Waals surface area contributed by atoms with Crippen molar-refractivity contribution in [1.82, 2.24) is 5.43 Å². The number of halogens is 1. The summed E-state index contributed by atoms with van der Waals surface area (Å²) in [6.07, 6.45) is 0.910. The summed E-state index contributed by atoms with van der Waals surface area (Å²) in [5.41, 5.74) is 4.03. The monoisotopic (exact) mass is 226 g/mol. The highest BCUT2D eigenvalue weighted by atomic mass is 35.5. The molecule has 0 radical (unpaired) electrons. The molecule has 1 aromatic carbocycles. The normalized spacial score (nSPS) is 10.5. The summed E-state index contributed by atoms with van der Waals surface area (Å²) < 4.78 is 0. The third-order valence-corrected chi connectivity index (χ3v) is 2.10. The lowest BCUT2D eigenvalue weighted by molar-refractivity contribution is 0.195. The molecule has 0 heterocycles. The summed E-state index contributed by atoms with van der Waals surface area (Å²) in [6.45, 7) is 1.94. The van der Waals surface area contributed by atoms with Gasteiger partial charge in [-0.3, -0.25) is 0 Å². The number of aryl methyl sites for hydroxylation is 1. The van der Waals surface area contributed by atoms with Gasteiger partial charge in [0.2, 0.25) is 0 Å². The molecule has 15 heavy (non-hydrogen) atoms. The molecule has 80 valence electrons. The molecule has 1 amide bonds. The first-order chi connectivity index (χ1) is 7.09. The van der Waals surface area contributed by atoms with Crippen LogP contribution >= 0.6 is 11.6 Å². The molecule has 0 aliphatic carbocycles. The number of amides is 1. The Balaban J connectivity index is 2.58. The predicted octanol–water partition coefficient (Wildman–Crippen LogP) is 2.44. The van der Waals surface area contributed by atoms with E-state index >= 15 is 0 Å². The molecule has 0 bridgehead atoms. The van der Waals surface area contributed by atoms with Crippen LogP contribution < -0.4 is 5.43 Å². The van der Waals surface area contributed by atoms with Crippen LogP contribution in [0.5, 0.6) is 0 Å². The van der Waals surface area contributed by atoms with Crippen molar-refractivity contribution in [2.45, 2.75) is 13.3 Å². The number of hydrogen-bond donors (Lipinski definition) is 2. The summed E-state index contributed by atoms with van der Waals surface area (Å²) in [4.78, 5) is 10.1. The Labute approximate surface area is 92.6 Å². The number of nitrogens with zero attached hydrogens (tertiary/aromatic N) is 1. The highest BCUT2D eigenvalue weighted by molar-refractivity contribution is 6.30. The SMILES string of the molecule is Cc1cc(Cl)ccc1CC=NNC(=O)O. The maximum absolute atomic E-state index is 10.1. The van der Waals surface area contributed by atoms with Crippen molar-refractivity contribution in [3.63, 3.8) is 0 Å². The van der Waals surface area contributed by atoms with Crippen LogP contribution in [0.15, 0.2) is 23.3 Å². The van der Waals surface area contributed by atoms with E-state index < -0.39 is 6.09 Å². The van der Waals surface area contributed by atoms with Gasteiger partial charge in [0.1, 0.15) is 0 Å². The van der Waals surface area contributed by atoms with Gasteiger partial charge in [-0.25, -0.2) is 10.2 Å². The van der Waals surface area contributed by atoms with Crippen molar-refractivity contribution in [1.29, 1.82) is 0 Å². The maximum atomic E-state index is 10.1. The van der Waals surface area contributed by atoms with E-state index in [-0.39, 0.29) is 0 Å². The summed E-state index contributed by atoms with van der Waals surface area (Å²) in [5, 5.41) is 12.5. The minimum absolute atomic E-state index is 0.573. The van der Waals surface area contributed by atoms with Crippen LogP contribution in [-0.2, 0) is 6.42 Å². The number of hydrazone groups is 1. The quantitative estimate of drug-likeness (QED) is 0.614. The van der Waals surface area contributed by atoms with Gasteiger partial charge in [-0.15, -0.1) is 0 Å². The molecule has 0 fully saturated rings. The van der Waals surface area contributed by atoms with Crippen LogP contribution in [0, 0.1) is 6.92 Å². The van der Waals surface area contributed by atoms with Gasteiger partial charge in [-0.05, 0) is 30.2 Å². The second kappa shape index (κ2) is 5.36. The fourth-order valence-electron chi connectivity index (χ4n) is 1.13. The van der Waals surface area contributed by atoms with E-state index in [4.69, 9.17) is 16.7 Å². The van der Waals surface area contributed by atoms with E-state index in [1.54, 1.807) is 6.07 Å². The number of benzene rings is 1. The van der Waals surface area contributed by atoms with Crippen molar-refractivity contribution < 1.29 is 9.90 Å². The molecule has 0 unspecified atom stereocenters. The first-order valence-electron chi connectivity index (χ1n) is 4.35. The van der Waals surface area contributed by atoms with Gasteiger partial charge in [0.15, 0.2) is 0 Å². The van der Waals surface area contributed by atoms with Crippen molar-refractivity contribution in [3.8, 4) is 0 Å². The van der Waals surface area contributed by atoms with Crippen molar-refractivity contribution >= 4 is 23.9 Å². The Morgan fingerprint density at radius 1 is 1.67 bits per heavy atom. The first-order valence-corrected chi connectivity index (χ1v) is 4.73. The highest BCUT2D eigenvalue weighted by Gasteiger charge is 1.97. The van der Waals surface area contributed by atoms with E-state index in [2.05, 4.69) is 5.10 Å². The van der Waals surface area contributed by atoms with Gasteiger partial charge >= 0.3 is 6.09 Å². The lowest BCUT2D eigenvalue weighted by Gasteiger charge is -2.02. The molecule has 0 aromatic heterocycles. The molecule has 0 saturated heterocycles. The zero-order valence-electron chi connectivity index (χ0n) is 8.20. The second-order valence-electron chi connectivity index (χ2n) is 3.00. The average Bonchev–Trinajstić information content (AvgIpc) is 2.14. The molecule has 1 rings (SSSR count). The zero-order valence-corrected chi connectivity index (χ0v) is 8.95. The third-order valence-electron chi connectivity index (χ3n) is 1.87.